The number of rotatable bonds is 2. The van der Waals surface area contributed by atoms with Crippen LogP contribution in [0.2, 0.25) is 10.0 Å². The first kappa shape index (κ1) is 11.8. The molecule has 5 nitrogen and oxygen atoms in total. The highest BCUT2D eigenvalue weighted by Gasteiger charge is 2.07. The molecule has 0 saturated heterocycles. The van der Waals surface area contributed by atoms with Gasteiger partial charge >= 0.3 is 0 Å². The summed E-state index contributed by atoms with van der Waals surface area (Å²) in [7, 11) is 0. The Morgan fingerprint density at radius 3 is 2.53 bits per heavy atom. The van der Waals surface area contributed by atoms with Gasteiger partial charge in [-0.05, 0) is 12.1 Å². The van der Waals surface area contributed by atoms with Crippen LogP contribution >= 0.6 is 23.2 Å². The summed E-state index contributed by atoms with van der Waals surface area (Å²) in [5, 5.41) is 0.907. The molecule has 2 aromatic rings. The van der Waals surface area contributed by atoms with Crippen LogP contribution in [0.15, 0.2) is 24.3 Å². The third kappa shape index (κ3) is 2.89. The van der Waals surface area contributed by atoms with E-state index >= 15 is 0 Å². The van der Waals surface area contributed by atoms with E-state index in [0.717, 1.165) is 0 Å². The van der Waals surface area contributed by atoms with E-state index in [1.807, 2.05) is 0 Å². The Balaban J connectivity index is 2.34. The molecule has 0 bridgehead atoms. The molecule has 0 amide bonds. The van der Waals surface area contributed by atoms with Gasteiger partial charge in [-0.1, -0.05) is 23.2 Å². The van der Waals surface area contributed by atoms with Gasteiger partial charge in [0, 0.05) is 17.2 Å². The predicted molar refractivity (Wildman–Crippen MR) is 67.4 cm³/mol. The van der Waals surface area contributed by atoms with Crippen LogP contribution in [0, 0.1) is 0 Å². The number of aromatic nitrogens is 2. The van der Waals surface area contributed by atoms with E-state index in [4.69, 9.17) is 39.4 Å². The van der Waals surface area contributed by atoms with E-state index in [1.165, 1.54) is 6.07 Å². The van der Waals surface area contributed by atoms with Crippen molar-refractivity contribution in [2.45, 2.75) is 0 Å². The number of halogens is 2. The first-order chi connectivity index (χ1) is 8.04. The number of nitrogens with zero attached hydrogens (tertiary/aromatic N) is 2. The molecule has 0 fully saturated rings. The Morgan fingerprint density at radius 1 is 1.06 bits per heavy atom. The lowest BCUT2D eigenvalue weighted by molar-refractivity contribution is 0.463. The Kier molecular flexibility index (Phi) is 3.21. The van der Waals surface area contributed by atoms with Gasteiger partial charge in [0.15, 0.2) is 0 Å². The van der Waals surface area contributed by atoms with E-state index in [-0.39, 0.29) is 17.6 Å². The highest BCUT2D eigenvalue weighted by atomic mass is 35.5. The van der Waals surface area contributed by atoms with Gasteiger partial charge in [-0.3, -0.25) is 0 Å². The molecule has 0 radical (unpaired) electrons. The number of ether oxygens (including phenoxy) is 1. The molecule has 0 saturated carbocycles. The third-order valence-corrected chi connectivity index (χ3v) is 2.39. The van der Waals surface area contributed by atoms with Crippen LogP contribution in [0.25, 0.3) is 0 Å². The fourth-order valence-corrected chi connectivity index (χ4v) is 1.50. The maximum Gasteiger partial charge on any atom is 0.226 e. The first-order valence-electron chi connectivity index (χ1n) is 4.57. The molecule has 0 atom stereocenters. The molecule has 88 valence electrons. The minimum Gasteiger partial charge on any atom is -0.437 e. The maximum absolute atomic E-state index is 5.94. The molecule has 0 aliphatic heterocycles. The van der Waals surface area contributed by atoms with Crippen molar-refractivity contribution >= 4 is 35.0 Å². The summed E-state index contributed by atoms with van der Waals surface area (Å²) in [6.45, 7) is 0. The lowest BCUT2D eigenvalue weighted by atomic mass is 10.3. The second kappa shape index (κ2) is 4.65. The van der Waals surface area contributed by atoms with Crippen LogP contribution < -0.4 is 16.2 Å². The maximum atomic E-state index is 5.94. The van der Waals surface area contributed by atoms with E-state index in [0.29, 0.717) is 15.8 Å². The van der Waals surface area contributed by atoms with Gasteiger partial charge in [0.25, 0.3) is 0 Å². The van der Waals surface area contributed by atoms with Crippen LogP contribution in [-0.4, -0.2) is 9.97 Å². The Bertz CT molecular complexity index is 542. The smallest absolute Gasteiger partial charge is 0.226 e. The molecule has 1 aromatic heterocycles. The molecule has 0 aliphatic rings. The molecule has 0 spiro atoms. The van der Waals surface area contributed by atoms with Gasteiger partial charge in [0.2, 0.25) is 11.8 Å². The van der Waals surface area contributed by atoms with Crippen LogP contribution in [0.5, 0.6) is 11.6 Å². The standard InChI is InChI=1S/C10H8Cl2N4O/c11-5-1-2-6(12)7(3-5)17-9-4-8(13)15-10(14)16-9/h1-4H,(H4,13,14,15,16). The number of benzene rings is 1. The number of nitrogen functional groups attached to an aromatic ring is 2. The number of anilines is 2. The van der Waals surface area contributed by atoms with Crippen LogP contribution in [0.1, 0.15) is 0 Å². The fourth-order valence-electron chi connectivity index (χ4n) is 1.18. The van der Waals surface area contributed by atoms with Crippen LogP contribution in [-0.2, 0) is 0 Å². The largest absolute Gasteiger partial charge is 0.437 e. The summed E-state index contributed by atoms with van der Waals surface area (Å²) in [6.07, 6.45) is 0. The number of hydrogen-bond acceptors (Lipinski definition) is 5. The molecule has 17 heavy (non-hydrogen) atoms. The van der Waals surface area contributed by atoms with Crippen LogP contribution in [0.4, 0.5) is 11.8 Å². The molecule has 7 heteroatoms. The van der Waals surface area contributed by atoms with Gasteiger partial charge in [0.05, 0.1) is 5.02 Å². The van der Waals surface area contributed by atoms with E-state index in [1.54, 1.807) is 18.2 Å². The second-order valence-corrected chi connectivity index (χ2v) is 4.01. The number of hydrogen-bond donors (Lipinski definition) is 2. The second-order valence-electron chi connectivity index (χ2n) is 3.17. The van der Waals surface area contributed by atoms with Crippen molar-refractivity contribution in [3.05, 3.63) is 34.3 Å². The zero-order valence-electron chi connectivity index (χ0n) is 8.52. The third-order valence-electron chi connectivity index (χ3n) is 1.85. The Labute approximate surface area is 107 Å². The molecular weight excluding hydrogens is 263 g/mol. The van der Waals surface area contributed by atoms with Gasteiger partial charge in [0.1, 0.15) is 11.6 Å². The van der Waals surface area contributed by atoms with E-state index in [2.05, 4.69) is 9.97 Å². The van der Waals surface area contributed by atoms with Gasteiger partial charge in [-0.25, -0.2) is 0 Å². The fraction of sp³-hybridized carbons (Fsp3) is 0. The molecule has 4 N–H and O–H groups in total. The zero-order chi connectivity index (χ0) is 12.4. The van der Waals surface area contributed by atoms with Gasteiger partial charge in [-0.2, -0.15) is 9.97 Å². The summed E-state index contributed by atoms with van der Waals surface area (Å²) in [5.41, 5.74) is 11.0. The molecular formula is C10H8Cl2N4O. The van der Waals surface area contributed by atoms with Crippen molar-refractivity contribution in [2.75, 3.05) is 11.5 Å². The van der Waals surface area contributed by atoms with E-state index in [9.17, 15) is 0 Å². The Morgan fingerprint density at radius 2 is 1.82 bits per heavy atom. The molecule has 2 rings (SSSR count). The minimum atomic E-state index is 0.0261. The average Bonchev–Trinajstić information content (AvgIpc) is 2.22. The average molecular weight is 271 g/mol. The molecule has 1 aromatic carbocycles. The minimum absolute atomic E-state index is 0.0261. The SMILES string of the molecule is Nc1cc(Oc2cc(Cl)ccc2Cl)nc(N)n1. The molecule has 1 heterocycles. The number of nitrogens with two attached hydrogens (primary N) is 2. The van der Waals surface area contributed by atoms with Crippen molar-refractivity contribution < 1.29 is 4.74 Å². The predicted octanol–water partition coefficient (Wildman–Crippen LogP) is 2.74. The summed E-state index contributed by atoms with van der Waals surface area (Å²) in [5.74, 6) is 0.819. The van der Waals surface area contributed by atoms with Gasteiger partial charge in [-0.15, -0.1) is 0 Å². The summed E-state index contributed by atoms with van der Waals surface area (Å²) >= 11 is 11.8. The topological polar surface area (TPSA) is 87.0 Å². The van der Waals surface area contributed by atoms with Crippen molar-refractivity contribution in [1.82, 2.24) is 9.97 Å². The van der Waals surface area contributed by atoms with Gasteiger partial charge < -0.3 is 16.2 Å². The van der Waals surface area contributed by atoms with E-state index < -0.39 is 0 Å². The highest BCUT2D eigenvalue weighted by molar-refractivity contribution is 6.34. The van der Waals surface area contributed by atoms with Crippen LogP contribution in [0.3, 0.4) is 0 Å². The van der Waals surface area contributed by atoms with Crippen molar-refractivity contribution in [3.63, 3.8) is 0 Å². The zero-order valence-corrected chi connectivity index (χ0v) is 10.0. The lowest BCUT2D eigenvalue weighted by Crippen LogP contribution is -2.00. The highest BCUT2D eigenvalue weighted by Crippen LogP contribution is 2.31. The normalized spacial score (nSPS) is 10.2. The van der Waals surface area contributed by atoms with Crippen molar-refractivity contribution in [3.8, 4) is 11.6 Å². The summed E-state index contributed by atoms with van der Waals surface area (Å²) in [6, 6.07) is 6.28. The molecule has 0 aliphatic carbocycles. The first-order valence-corrected chi connectivity index (χ1v) is 5.33. The Hall–Kier alpha value is -1.72. The quantitative estimate of drug-likeness (QED) is 0.876. The van der Waals surface area contributed by atoms with Crippen molar-refractivity contribution in [2.24, 2.45) is 0 Å². The lowest BCUT2D eigenvalue weighted by Gasteiger charge is -2.07. The monoisotopic (exact) mass is 270 g/mol. The summed E-state index contributed by atoms with van der Waals surface area (Å²) in [4.78, 5) is 7.58. The van der Waals surface area contributed by atoms with Crippen molar-refractivity contribution in [1.29, 1.82) is 0 Å². The summed E-state index contributed by atoms with van der Waals surface area (Å²) < 4.78 is 5.42. The molecule has 0 unspecified atom stereocenters.